The van der Waals surface area contributed by atoms with Crippen molar-refractivity contribution in [3.63, 3.8) is 0 Å². The minimum atomic E-state index is -5.51. The summed E-state index contributed by atoms with van der Waals surface area (Å²) in [6.07, 6.45) is 1.50. The van der Waals surface area contributed by atoms with Gasteiger partial charge in [-0.1, -0.05) is 45.0 Å². The third-order valence-electron chi connectivity index (χ3n) is 5.32. The molecule has 3 aromatic carbocycles. The monoisotopic (exact) mass is 504 g/mol. The second-order valence-corrected chi connectivity index (χ2v) is 10.7. The molecule has 0 saturated heterocycles. The fourth-order valence-corrected chi connectivity index (χ4v) is 3.98. The third kappa shape index (κ3) is 5.43. The summed E-state index contributed by atoms with van der Waals surface area (Å²) in [5.74, 6) is 0.926. The van der Waals surface area contributed by atoms with Crippen LogP contribution in [0.1, 0.15) is 32.0 Å². The minimum absolute atomic E-state index is 0.0377. The molecule has 0 aliphatic rings. The molecule has 1 aromatic heterocycles. The van der Waals surface area contributed by atoms with E-state index in [0.717, 1.165) is 5.56 Å². The van der Waals surface area contributed by atoms with Crippen molar-refractivity contribution in [2.24, 2.45) is 0 Å². The van der Waals surface area contributed by atoms with E-state index in [0.29, 0.717) is 28.1 Å². The summed E-state index contributed by atoms with van der Waals surface area (Å²) in [6, 6.07) is 17.0. The smallest absolute Gasteiger partial charge is 0.487 e. The normalized spacial score (nSPS) is 12.6. The van der Waals surface area contributed by atoms with Crippen molar-refractivity contribution in [3.8, 4) is 17.2 Å². The molecular formula is C25H23F3N2O4S. The lowest BCUT2D eigenvalue weighted by Crippen LogP contribution is -2.29. The Labute approximate surface area is 200 Å². The zero-order valence-corrected chi connectivity index (χ0v) is 20.0. The van der Waals surface area contributed by atoms with E-state index in [4.69, 9.17) is 9.15 Å². The predicted molar refractivity (Wildman–Crippen MR) is 128 cm³/mol. The highest BCUT2D eigenvalue weighted by Crippen LogP contribution is 2.31. The molecule has 0 fully saturated rings. The molecule has 35 heavy (non-hydrogen) atoms. The molecule has 0 atom stereocenters. The Morgan fingerprint density at radius 2 is 1.71 bits per heavy atom. The minimum Gasteiger partial charge on any atom is -0.487 e. The number of halogens is 3. The van der Waals surface area contributed by atoms with Gasteiger partial charge in [0.15, 0.2) is 0 Å². The number of rotatable bonds is 6. The van der Waals surface area contributed by atoms with Gasteiger partial charge in [-0.3, -0.25) is 4.72 Å². The summed E-state index contributed by atoms with van der Waals surface area (Å²) in [4.78, 5) is 4.47. The number of alkyl halides is 3. The Morgan fingerprint density at radius 3 is 2.37 bits per heavy atom. The second-order valence-electron chi connectivity index (χ2n) is 9.00. The van der Waals surface area contributed by atoms with E-state index in [9.17, 15) is 21.6 Å². The second kappa shape index (κ2) is 8.92. The van der Waals surface area contributed by atoms with E-state index in [2.05, 4.69) is 25.8 Å². The van der Waals surface area contributed by atoms with Crippen molar-refractivity contribution in [1.82, 2.24) is 4.98 Å². The van der Waals surface area contributed by atoms with E-state index < -0.39 is 15.5 Å². The molecule has 184 valence electrons. The number of sulfonamides is 1. The van der Waals surface area contributed by atoms with Crippen molar-refractivity contribution < 1.29 is 30.7 Å². The molecule has 1 heterocycles. The molecule has 4 rings (SSSR count). The van der Waals surface area contributed by atoms with Gasteiger partial charge in [-0.25, -0.2) is 4.98 Å². The Balaban J connectivity index is 1.49. The molecule has 4 aromatic rings. The summed E-state index contributed by atoms with van der Waals surface area (Å²) >= 11 is 0. The number of hydrogen-bond acceptors (Lipinski definition) is 5. The van der Waals surface area contributed by atoms with Crippen molar-refractivity contribution in [1.29, 1.82) is 0 Å². The molecule has 10 heteroatoms. The van der Waals surface area contributed by atoms with Crippen LogP contribution in [-0.2, 0) is 22.0 Å². The largest absolute Gasteiger partial charge is 0.516 e. The maximum absolute atomic E-state index is 12.6. The van der Waals surface area contributed by atoms with E-state index in [1.807, 2.05) is 24.3 Å². The fourth-order valence-electron chi connectivity index (χ4n) is 3.43. The number of nitrogens with one attached hydrogen (secondary N) is 1. The first-order valence-electron chi connectivity index (χ1n) is 10.6. The van der Waals surface area contributed by atoms with Crippen LogP contribution in [-0.4, -0.2) is 18.9 Å². The van der Waals surface area contributed by atoms with E-state index in [-0.39, 0.29) is 17.7 Å². The number of anilines is 1. The van der Waals surface area contributed by atoms with Crippen molar-refractivity contribution >= 4 is 26.5 Å². The first kappa shape index (κ1) is 24.6. The van der Waals surface area contributed by atoms with Gasteiger partial charge in [0, 0.05) is 16.6 Å². The van der Waals surface area contributed by atoms with Gasteiger partial charge in [0.25, 0.3) is 0 Å². The van der Waals surface area contributed by atoms with Gasteiger partial charge >= 0.3 is 15.5 Å². The lowest BCUT2D eigenvalue weighted by molar-refractivity contribution is -0.0429. The molecule has 0 amide bonds. The van der Waals surface area contributed by atoms with E-state index in [1.165, 1.54) is 30.0 Å². The molecule has 0 radical (unpaired) electrons. The molecular weight excluding hydrogens is 481 g/mol. The Kier molecular flexibility index (Phi) is 6.27. The number of hydrogen-bond donors (Lipinski definition) is 1. The summed E-state index contributed by atoms with van der Waals surface area (Å²) in [6.45, 7) is 6.51. The van der Waals surface area contributed by atoms with Gasteiger partial charge in [-0.15, -0.1) is 0 Å². The first-order valence-corrected chi connectivity index (χ1v) is 12.1. The van der Waals surface area contributed by atoms with Crippen LogP contribution in [0.15, 0.2) is 71.3 Å². The van der Waals surface area contributed by atoms with Gasteiger partial charge < -0.3 is 9.15 Å². The summed E-state index contributed by atoms with van der Waals surface area (Å²) in [5, 5.41) is 1.11. The summed E-state index contributed by atoms with van der Waals surface area (Å²) in [7, 11) is -5.51. The van der Waals surface area contributed by atoms with E-state index in [1.54, 1.807) is 22.9 Å². The Morgan fingerprint density at radius 1 is 1.00 bits per heavy atom. The van der Waals surface area contributed by atoms with Crippen LogP contribution >= 0.6 is 0 Å². The van der Waals surface area contributed by atoms with Crippen LogP contribution in [0.3, 0.4) is 0 Å². The third-order valence-corrected chi connectivity index (χ3v) is 6.44. The van der Waals surface area contributed by atoms with E-state index >= 15 is 0 Å². The van der Waals surface area contributed by atoms with Gasteiger partial charge in [-0.2, -0.15) is 21.6 Å². The molecule has 0 spiro atoms. The van der Waals surface area contributed by atoms with Crippen molar-refractivity contribution in [2.75, 3.05) is 4.72 Å². The lowest BCUT2D eigenvalue weighted by Gasteiger charge is -2.18. The summed E-state index contributed by atoms with van der Waals surface area (Å²) < 4.78 is 73.7. The first-order chi connectivity index (χ1) is 16.3. The predicted octanol–water partition coefficient (Wildman–Crippen LogP) is 6.63. The number of oxazole rings is 1. The molecule has 0 aliphatic carbocycles. The van der Waals surface area contributed by atoms with Crippen LogP contribution in [0.25, 0.3) is 22.2 Å². The average Bonchev–Trinajstić information content (AvgIpc) is 3.25. The maximum Gasteiger partial charge on any atom is 0.516 e. The zero-order chi connectivity index (χ0) is 25.4. The fraction of sp³-hybridized carbons (Fsp3) is 0.240. The quantitative estimate of drug-likeness (QED) is 0.319. The van der Waals surface area contributed by atoms with Crippen LogP contribution in [0.4, 0.5) is 18.9 Å². The number of fused-ring (bicyclic) bond motifs is 1. The zero-order valence-electron chi connectivity index (χ0n) is 19.2. The van der Waals surface area contributed by atoms with Gasteiger partial charge in [-0.05, 0) is 52.8 Å². The number of benzene rings is 3. The highest BCUT2D eigenvalue weighted by molar-refractivity contribution is 7.93. The lowest BCUT2D eigenvalue weighted by atomic mass is 9.87. The van der Waals surface area contributed by atoms with Gasteiger partial charge in [0.2, 0.25) is 5.89 Å². The van der Waals surface area contributed by atoms with Crippen LogP contribution in [0.5, 0.6) is 5.75 Å². The van der Waals surface area contributed by atoms with Crippen LogP contribution < -0.4 is 9.46 Å². The topological polar surface area (TPSA) is 81.4 Å². The number of ether oxygens (including phenoxy) is 1. The van der Waals surface area contributed by atoms with Gasteiger partial charge in [0.05, 0.1) is 0 Å². The van der Waals surface area contributed by atoms with Crippen LogP contribution in [0.2, 0.25) is 0 Å². The SMILES string of the molecule is CC(C)(C)c1ccc(-c2nc(COc3cccc4cc(NS(=O)(=O)C(F)(F)F)ccc34)co2)cc1. The highest BCUT2D eigenvalue weighted by atomic mass is 32.2. The van der Waals surface area contributed by atoms with Crippen LogP contribution in [0, 0.1) is 0 Å². The van der Waals surface area contributed by atoms with Crippen molar-refractivity contribution in [2.45, 2.75) is 38.3 Å². The Hall–Kier alpha value is -3.53. The number of aromatic nitrogens is 1. The Bertz CT molecular complexity index is 1450. The van der Waals surface area contributed by atoms with Crippen molar-refractivity contribution in [3.05, 3.63) is 78.2 Å². The molecule has 0 saturated carbocycles. The molecule has 0 aliphatic heterocycles. The molecule has 1 N–H and O–H groups in total. The standard InChI is InChI=1S/C25H23F3N2O4S/c1-24(2,3)18-9-7-16(8-10-18)23-29-20(15-34-23)14-33-22-6-4-5-17-13-19(11-12-21(17)22)30-35(31,32)25(26,27)28/h4-13,15,30H,14H2,1-3H3. The summed E-state index contributed by atoms with van der Waals surface area (Å²) in [5.41, 5.74) is -2.98. The molecule has 6 nitrogen and oxygen atoms in total. The van der Waals surface area contributed by atoms with Gasteiger partial charge in [0.1, 0.15) is 24.3 Å². The maximum atomic E-state index is 12.6. The average molecular weight is 505 g/mol. The highest BCUT2D eigenvalue weighted by Gasteiger charge is 2.46. The molecule has 0 bridgehead atoms. The number of nitrogens with zero attached hydrogens (tertiary/aromatic N) is 1. The molecule has 0 unspecified atom stereocenters.